The minimum absolute atomic E-state index is 0.328. The number of rotatable bonds is 5. The molecule has 0 saturated heterocycles. The van der Waals surface area contributed by atoms with Crippen LogP contribution >= 0.6 is 11.3 Å². The summed E-state index contributed by atoms with van der Waals surface area (Å²) in [5.74, 6) is 1.87. The molecule has 3 aromatic rings. The first-order chi connectivity index (χ1) is 12.0. The summed E-state index contributed by atoms with van der Waals surface area (Å²) < 4.78 is 5.12. The van der Waals surface area contributed by atoms with Gasteiger partial charge in [-0.05, 0) is 32.4 Å². The van der Waals surface area contributed by atoms with Crippen molar-refractivity contribution in [2.24, 2.45) is 0 Å². The number of hydrogen-bond donors (Lipinski definition) is 2. The molecule has 8 nitrogen and oxygen atoms in total. The van der Waals surface area contributed by atoms with E-state index in [1.54, 1.807) is 26.1 Å². The number of anilines is 2. The molecule has 0 aromatic carbocycles. The highest BCUT2D eigenvalue weighted by Gasteiger charge is 2.20. The lowest BCUT2D eigenvalue weighted by molar-refractivity contribution is 0.0531. The fourth-order valence-corrected chi connectivity index (χ4v) is 3.55. The summed E-state index contributed by atoms with van der Waals surface area (Å²) in [4.78, 5) is 30.6. The van der Waals surface area contributed by atoms with E-state index in [-0.39, 0.29) is 5.97 Å². The quantitative estimate of drug-likeness (QED) is 0.668. The molecule has 0 aliphatic rings. The summed E-state index contributed by atoms with van der Waals surface area (Å²) in [5.41, 5.74) is 6.48. The van der Waals surface area contributed by atoms with Gasteiger partial charge in [-0.2, -0.15) is 0 Å². The van der Waals surface area contributed by atoms with Crippen molar-refractivity contribution < 1.29 is 9.53 Å². The number of carbonyl (C=O) groups is 1. The molecule has 0 spiro atoms. The third-order valence-electron chi connectivity index (χ3n) is 3.50. The van der Waals surface area contributed by atoms with E-state index in [4.69, 9.17) is 10.5 Å². The molecule has 0 unspecified atom stereocenters. The van der Waals surface area contributed by atoms with Crippen LogP contribution in [0.15, 0.2) is 12.3 Å². The number of aryl methyl sites for hydroxylation is 2. The third-order valence-corrected chi connectivity index (χ3v) is 4.67. The normalized spacial score (nSPS) is 10.8. The van der Waals surface area contributed by atoms with Gasteiger partial charge < -0.3 is 15.8 Å². The van der Waals surface area contributed by atoms with Gasteiger partial charge in [0.1, 0.15) is 33.0 Å². The van der Waals surface area contributed by atoms with Gasteiger partial charge in [-0.1, -0.05) is 0 Å². The number of nitrogens with zero attached hydrogens (tertiary/aromatic N) is 4. The number of nitrogens with two attached hydrogens (primary N) is 1. The second-order valence-electron chi connectivity index (χ2n) is 5.33. The minimum atomic E-state index is -0.342. The lowest BCUT2D eigenvalue weighted by atomic mass is 10.2. The van der Waals surface area contributed by atoms with Crippen LogP contribution in [0.4, 0.5) is 11.6 Å². The molecule has 0 aliphatic heterocycles. The van der Waals surface area contributed by atoms with Crippen LogP contribution in [-0.4, -0.2) is 32.5 Å². The molecule has 0 atom stereocenters. The number of carbonyl (C=O) groups excluding carboxylic acids is 1. The molecule has 25 heavy (non-hydrogen) atoms. The molecular weight excluding hydrogens is 340 g/mol. The van der Waals surface area contributed by atoms with Crippen molar-refractivity contribution in [2.75, 3.05) is 17.7 Å². The summed E-state index contributed by atoms with van der Waals surface area (Å²) in [6.45, 7) is 6.14. The van der Waals surface area contributed by atoms with E-state index in [1.165, 1.54) is 11.3 Å². The lowest BCUT2D eigenvalue weighted by Gasteiger charge is -2.08. The molecule has 9 heteroatoms. The highest BCUT2D eigenvalue weighted by atomic mass is 32.1. The molecular formula is C16H18N6O2S. The Labute approximate surface area is 148 Å². The molecule has 0 radical (unpaired) electrons. The van der Waals surface area contributed by atoms with Crippen LogP contribution in [0, 0.1) is 13.8 Å². The highest BCUT2D eigenvalue weighted by molar-refractivity contribution is 7.20. The van der Waals surface area contributed by atoms with Crippen molar-refractivity contribution in [3.63, 3.8) is 0 Å². The monoisotopic (exact) mass is 358 g/mol. The van der Waals surface area contributed by atoms with E-state index in [0.717, 1.165) is 15.8 Å². The summed E-state index contributed by atoms with van der Waals surface area (Å²) in [6, 6.07) is 1.63. The summed E-state index contributed by atoms with van der Waals surface area (Å²) >= 11 is 1.31. The number of aromatic nitrogens is 4. The highest BCUT2D eigenvalue weighted by Crippen LogP contribution is 2.34. The van der Waals surface area contributed by atoms with Crippen LogP contribution in [0.1, 0.15) is 33.8 Å². The second-order valence-corrected chi connectivity index (χ2v) is 6.33. The number of esters is 1. The van der Waals surface area contributed by atoms with Crippen molar-refractivity contribution in [3.05, 3.63) is 34.4 Å². The van der Waals surface area contributed by atoms with Gasteiger partial charge in [0.15, 0.2) is 0 Å². The number of thiophene rings is 1. The fourth-order valence-electron chi connectivity index (χ4n) is 2.43. The van der Waals surface area contributed by atoms with Crippen LogP contribution in [0.5, 0.6) is 0 Å². The molecule has 3 rings (SSSR count). The molecule has 3 heterocycles. The molecule has 0 saturated carbocycles. The van der Waals surface area contributed by atoms with Crippen molar-refractivity contribution in [2.45, 2.75) is 27.3 Å². The first kappa shape index (κ1) is 17.0. The Morgan fingerprint density at radius 3 is 2.84 bits per heavy atom. The van der Waals surface area contributed by atoms with Gasteiger partial charge in [0.2, 0.25) is 0 Å². The Kier molecular flexibility index (Phi) is 4.75. The van der Waals surface area contributed by atoms with Crippen molar-refractivity contribution in [3.8, 4) is 0 Å². The molecule has 3 aromatic heterocycles. The van der Waals surface area contributed by atoms with E-state index in [2.05, 4.69) is 25.3 Å². The Morgan fingerprint density at radius 1 is 1.32 bits per heavy atom. The van der Waals surface area contributed by atoms with Crippen LogP contribution in [0.2, 0.25) is 0 Å². The smallest absolute Gasteiger partial charge is 0.348 e. The van der Waals surface area contributed by atoms with Gasteiger partial charge >= 0.3 is 5.97 Å². The number of nitrogens with one attached hydrogen (secondary N) is 1. The van der Waals surface area contributed by atoms with E-state index in [0.29, 0.717) is 41.3 Å². The number of hydrogen-bond acceptors (Lipinski definition) is 9. The first-order valence-electron chi connectivity index (χ1n) is 7.75. The maximum absolute atomic E-state index is 12.1. The standard InChI is InChI=1S/C16H18N6O2S/c1-4-24-16(23)13-8(2)12-14(20-9(3)21-15(12)25-13)19-7-11-18-6-5-10(17)22-11/h5-6H,4,7H2,1-3H3,(H2,17,18,22)(H,19,20,21). The Hall–Kier alpha value is -2.81. The molecule has 0 amide bonds. The van der Waals surface area contributed by atoms with Crippen molar-refractivity contribution >= 4 is 39.2 Å². The molecule has 0 fully saturated rings. The van der Waals surface area contributed by atoms with Gasteiger partial charge in [0.05, 0.1) is 18.5 Å². The SMILES string of the molecule is CCOC(=O)c1sc2nc(C)nc(NCc3nccc(N)n3)c2c1C. The minimum Gasteiger partial charge on any atom is -0.462 e. The zero-order valence-corrected chi connectivity index (χ0v) is 15.0. The van der Waals surface area contributed by atoms with E-state index in [9.17, 15) is 4.79 Å². The van der Waals surface area contributed by atoms with Gasteiger partial charge in [-0.15, -0.1) is 11.3 Å². The van der Waals surface area contributed by atoms with Crippen LogP contribution in [-0.2, 0) is 11.3 Å². The number of nitrogen functional groups attached to an aromatic ring is 1. The van der Waals surface area contributed by atoms with Gasteiger partial charge in [0.25, 0.3) is 0 Å². The van der Waals surface area contributed by atoms with Gasteiger partial charge in [0, 0.05) is 6.20 Å². The Balaban J connectivity index is 1.98. The predicted molar refractivity (Wildman–Crippen MR) is 96.6 cm³/mol. The molecule has 0 bridgehead atoms. The number of fused-ring (bicyclic) bond motifs is 1. The van der Waals surface area contributed by atoms with E-state index in [1.807, 2.05) is 6.92 Å². The van der Waals surface area contributed by atoms with E-state index < -0.39 is 0 Å². The van der Waals surface area contributed by atoms with Crippen molar-refractivity contribution in [1.29, 1.82) is 0 Å². The zero-order chi connectivity index (χ0) is 18.0. The summed E-state index contributed by atoms with van der Waals surface area (Å²) in [6.07, 6.45) is 1.61. The Morgan fingerprint density at radius 2 is 2.12 bits per heavy atom. The van der Waals surface area contributed by atoms with Gasteiger partial charge in [-0.25, -0.2) is 24.7 Å². The second kappa shape index (κ2) is 6.98. The summed E-state index contributed by atoms with van der Waals surface area (Å²) in [7, 11) is 0. The zero-order valence-electron chi connectivity index (χ0n) is 14.2. The fraction of sp³-hybridized carbons (Fsp3) is 0.312. The lowest BCUT2D eigenvalue weighted by Crippen LogP contribution is -2.08. The summed E-state index contributed by atoms with van der Waals surface area (Å²) in [5, 5.41) is 4.03. The van der Waals surface area contributed by atoms with Crippen LogP contribution in [0.25, 0.3) is 10.2 Å². The maximum Gasteiger partial charge on any atom is 0.348 e. The maximum atomic E-state index is 12.1. The van der Waals surface area contributed by atoms with E-state index >= 15 is 0 Å². The third kappa shape index (κ3) is 3.50. The Bertz CT molecular complexity index is 940. The topological polar surface area (TPSA) is 116 Å². The average molecular weight is 358 g/mol. The van der Waals surface area contributed by atoms with Crippen LogP contribution < -0.4 is 11.1 Å². The van der Waals surface area contributed by atoms with Crippen LogP contribution in [0.3, 0.4) is 0 Å². The van der Waals surface area contributed by atoms with Gasteiger partial charge in [-0.3, -0.25) is 0 Å². The van der Waals surface area contributed by atoms with Crippen molar-refractivity contribution in [1.82, 2.24) is 19.9 Å². The molecule has 0 aliphatic carbocycles. The molecule has 130 valence electrons. The number of ether oxygens (including phenoxy) is 1. The average Bonchev–Trinajstić information content (AvgIpc) is 2.90. The largest absolute Gasteiger partial charge is 0.462 e. The molecule has 3 N–H and O–H groups in total. The first-order valence-corrected chi connectivity index (χ1v) is 8.57. The predicted octanol–water partition coefficient (Wildman–Crippen LogP) is 2.47.